The molecule has 1 amide bonds. The van der Waals surface area contributed by atoms with Gasteiger partial charge in [-0.15, -0.1) is 0 Å². The summed E-state index contributed by atoms with van der Waals surface area (Å²) in [4.78, 5) is 22.1. The Balaban J connectivity index is 2.00. The van der Waals surface area contributed by atoms with Crippen LogP contribution in [0.4, 0.5) is 24.7 Å². The first kappa shape index (κ1) is 23.9. The van der Waals surface area contributed by atoms with Crippen LogP contribution in [0.25, 0.3) is 0 Å². The van der Waals surface area contributed by atoms with Crippen LogP contribution in [0.1, 0.15) is 29.8 Å². The van der Waals surface area contributed by atoms with Crippen molar-refractivity contribution in [2.75, 3.05) is 23.3 Å². The number of nitrogens with two attached hydrogens (primary N) is 1. The number of anilines is 2. The molecule has 1 saturated heterocycles. The highest BCUT2D eigenvalue weighted by atomic mass is 32.2. The van der Waals surface area contributed by atoms with Gasteiger partial charge in [-0.05, 0) is 24.0 Å². The van der Waals surface area contributed by atoms with E-state index < -0.39 is 38.8 Å². The molecule has 0 unspecified atom stereocenters. The van der Waals surface area contributed by atoms with E-state index in [4.69, 9.17) is 5.14 Å². The molecular weight excluding hydrogens is 451 g/mol. The number of nitrogens with zero attached hydrogens (tertiary/aromatic N) is 3. The van der Waals surface area contributed by atoms with Gasteiger partial charge in [0.25, 0.3) is 15.9 Å². The van der Waals surface area contributed by atoms with Crippen molar-refractivity contribution in [1.29, 1.82) is 0 Å². The van der Waals surface area contributed by atoms with Gasteiger partial charge in [-0.1, -0.05) is 13.8 Å². The van der Waals surface area contributed by atoms with Crippen molar-refractivity contribution in [2.24, 2.45) is 17.0 Å². The second-order valence-electron chi connectivity index (χ2n) is 7.82. The lowest BCUT2D eigenvalue weighted by molar-refractivity contribution is -0.137. The fourth-order valence-electron chi connectivity index (χ4n) is 3.59. The monoisotopic (exact) mass is 473 g/mol. The molecule has 2 aromatic rings. The summed E-state index contributed by atoms with van der Waals surface area (Å²) in [5.74, 6) is -1.29. The molecule has 3 heterocycles. The van der Waals surface area contributed by atoms with Gasteiger partial charge in [0.15, 0.2) is 5.03 Å². The van der Waals surface area contributed by atoms with E-state index in [1.807, 2.05) is 0 Å². The quantitative estimate of drug-likeness (QED) is 0.616. The summed E-state index contributed by atoms with van der Waals surface area (Å²) < 4.78 is 62.8. The van der Waals surface area contributed by atoms with E-state index in [-0.39, 0.29) is 42.0 Å². The van der Waals surface area contributed by atoms with Crippen molar-refractivity contribution in [3.8, 4) is 0 Å². The zero-order chi connectivity index (χ0) is 23.8. The van der Waals surface area contributed by atoms with Gasteiger partial charge in [-0.2, -0.15) is 13.2 Å². The molecule has 3 atom stereocenters. The van der Waals surface area contributed by atoms with E-state index in [2.05, 4.69) is 15.3 Å². The van der Waals surface area contributed by atoms with Crippen LogP contribution in [0, 0.1) is 11.8 Å². The minimum Gasteiger partial charge on any atom is -0.392 e. The summed E-state index contributed by atoms with van der Waals surface area (Å²) >= 11 is 0. The maximum atomic E-state index is 13.3. The number of pyridine rings is 2. The molecule has 0 aliphatic carbocycles. The number of nitrogens with one attached hydrogen (secondary N) is 1. The number of amides is 1. The molecule has 3 rings (SSSR count). The van der Waals surface area contributed by atoms with Crippen molar-refractivity contribution in [2.45, 2.75) is 31.2 Å². The molecule has 174 valence electrons. The first-order valence-electron chi connectivity index (χ1n) is 9.58. The number of rotatable bonds is 4. The number of hydrogen-bond acceptors (Lipinski definition) is 7. The molecule has 0 saturated carbocycles. The molecule has 0 bridgehead atoms. The Labute approximate surface area is 182 Å². The van der Waals surface area contributed by atoms with Crippen LogP contribution in [0.5, 0.6) is 0 Å². The number of carbonyl (C=O) groups is 1. The van der Waals surface area contributed by atoms with E-state index in [1.165, 1.54) is 6.07 Å². The van der Waals surface area contributed by atoms with E-state index in [0.29, 0.717) is 12.3 Å². The topological polar surface area (TPSA) is 139 Å². The minimum atomic E-state index is -4.73. The lowest BCUT2D eigenvalue weighted by Gasteiger charge is -2.40. The number of sulfonamides is 1. The van der Waals surface area contributed by atoms with Gasteiger partial charge in [-0.25, -0.2) is 23.5 Å². The molecule has 9 nitrogen and oxygen atoms in total. The Morgan fingerprint density at radius 1 is 1.22 bits per heavy atom. The largest absolute Gasteiger partial charge is 0.417 e. The molecule has 4 N–H and O–H groups in total. The molecule has 0 radical (unpaired) electrons. The number of aromatic nitrogens is 2. The summed E-state index contributed by atoms with van der Waals surface area (Å²) in [6.07, 6.45) is -3.57. The molecular formula is C19H22F3N5O4S. The molecule has 0 spiro atoms. The van der Waals surface area contributed by atoms with Crippen molar-refractivity contribution in [3.63, 3.8) is 0 Å². The number of hydrogen-bond donors (Lipinski definition) is 3. The summed E-state index contributed by atoms with van der Waals surface area (Å²) in [6, 6.07) is 2.96. The summed E-state index contributed by atoms with van der Waals surface area (Å²) in [5.41, 5.74) is -1.47. The number of carbonyl (C=O) groups excluding carboxylic acids is 1. The van der Waals surface area contributed by atoms with Gasteiger partial charge in [0, 0.05) is 37.2 Å². The highest BCUT2D eigenvalue weighted by molar-refractivity contribution is 7.89. The van der Waals surface area contributed by atoms with Gasteiger partial charge in [-0.3, -0.25) is 4.79 Å². The lowest BCUT2D eigenvalue weighted by Crippen LogP contribution is -2.48. The molecule has 0 aromatic carbocycles. The molecule has 1 aliphatic heterocycles. The summed E-state index contributed by atoms with van der Waals surface area (Å²) in [5, 5.41) is 17.1. The minimum absolute atomic E-state index is 0.0202. The average molecular weight is 473 g/mol. The number of aliphatic hydroxyl groups is 1. The van der Waals surface area contributed by atoms with Crippen molar-refractivity contribution >= 4 is 27.4 Å². The Kier molecular flexibility index (Phi) is 6.45. The van der Waals surface area contributed by atoms with Crippen molar-refractivity contribution in [3.05, 3.63) is 41.7 Å². The molecule has 1 aliphatic rings. The zero-order valence-electron chi connectivity index (χ0n) is 17.2. The number of alkyl halides is 3. The number of aliphatic hydroxyl groups excluding tert-OH is 1. The van der Waals surface area contributed by atoms with Gasteiger partial charge >= 0.3 is 6.18 Å². The molecule has 2 aromatic heterocycles. The van der Waals surface area contributed by atoms with Crippen LogP contribution in [0.2, 0.25) is 0 Å². The highest BCUT2D eigenvalue weighted by Crippen LogP contribution is 2.34. The van der Waals surface area contributed by atoms with Crippen molar-refractivity contribution in [1.82, 2.24) is 9.97 Å². The molecule has 13 heteroatoms. The predicted molar refractivity (Wildman–Crippen MR) is 109 cm³/mol. The van der Waals surface area contributed by atoms with E-state index >= 15 is 0 Å². The second kappa shape index (κ2) is 8.64. The number of primary sulfonamides is 1. The van der Waals surface area contributed by atoms with E-state index in [0.717, 1.165) is 12.3 Å². The maximum absolute atomic E-state index is 13.3. The summed E-state index contributed by atoms with van der Waals surface area (Å²) in [6.45, 7) is 4.16. The SMILES string of the molecule is C[C@@H]1CN(c2ncc(C(F)(F)F)cc2C(=O)Nc2ccnc(S(N)(=O)=O)c2)C[C@H](C)[C@H]1O. The third-order valence-electron chi connectivity index (χ3n) is 5.21. The fraction of sp³-hybridized carbons (Fsp3) is 0.421. The van der Waals surface area contributed by atoms with Gasteiger partial charge in [0.1, 0.15) is 5.82 Å². The smallest absolute Gasteiger partial charge is 0.392 e. The lowest BCUT2D eigenvalue weighted by atomic mass is 9.88. The first-order valence-corrected chi connectivity index (χ1v) is 11.1. The molecule has 32 heavy (non-hydrogen) atoms. The zero-order valence-corrected chi connectivity index (χ0v) is 18.0. The van der Waals surface area contributed by atoms with Gasteiger partial charge in [0.05, 0.1) is 17.2 Å². The normalized spacial score (nSPS) is 22.0. The Bertz CT molecular complexity index is 1110. The van der Waals surface area contributed by atoms with Crippen LogP contribution in [-0.4, -0.2) is 48.6 Å². The standard InChI is InChI=1S/C19H22F3N5O4S/c1-10-8-27(9-11(2)16(10)28)17-14(5-12(7-25-17)19(20,21)22)18(29)26-13-3-4-24-15(6-13)32(23,30)31/h3-7,10-11,16,28H,8-9H2,1-2H3,(H2,23,30,31)(H,24,26,29)/t10-,11+,16+. The Morgan fingerprint density at radius 2 is 1.84 bits per heavy atom. The predicted octanol–water partition coefficient (Wildman–Crippen LogP) is 1.85. The van der Waals surface area contributed by atoms with Crippen LogP contribution >= 0.6 is 0 Å². The molecule has 1 fully saturated rings. The Hall–Kier alpha value is -2.77. The van der Waals surface area contributed by atoms with E-state index in [1.54, 1.807) is 18.7 Å². The maximum Gasteiger partial charge on any atom is 0.417 e. The fourth-order valence-corrected chi connectivity index (χ4v) is 4.09. The second-order valence-corrected chi connectivity index (χ2v) is 9.33. The highest BCUT2D eigenvalue weighted by Gasteiger charge is 2.36. The number of piperidine rings is 1. The first-order chi connectivity index (χ1) is 14.8. The van der Waals surface area contributed by atoms with Crippen molar-refractivity contribution < 1.29 is 31.5 Å². The van der Waals surface area contributed by atoms with Crippen LogP contribution in [0.3, 0.4) is 0 Å². The van der Waals surface area contributed by atoms with Crippen LogP contribution in [-0.2, 0) is 16.2 Å². The van der Waals surface area contributed by atoms with Crippen LogP contribution < -0.4 is 15.4 Å². The van der Waals surface area contributed by atoms with Gasteiger partial charge in [0.2, 0.25) is 0 Å². The summed E-state index contributed by atoms with van der Waals surface area (Å²) in [7, 11) is -4.15. The van der Waals surface area contributed by atoms with E-state index in [9.17, 15) is 31.5 Å². The average Bonchev–Trinajstić information content (AvgIpc) is 2.70. The number of halogens is 3. The van der Waals surface area contributed by atoms with Crippen LogP contribution in [0.15, 0.2) is 35.6 Å². The third kappa shape index (κ3) is 5.16. The van der Waals surface area contributed by atoms with Gasteiger partial charge < -0.3 is 15.3 Å². The third-order valence-corrected chi connectivity index (χ3v) is 6.01. The Morgan fingerprint density at radius 3 is 2.41 bits per heavy atom.